The molecule has 116 valence electrons. The highest BCUT2D eigenvalue weighted by Crippen LogP contribution is 2.14. The third-order valence-electron chi connectivity index (χ3n) is 2.52. The number of rotatable bonds is 9. The number of halogens is 1. The number of hydrogen-bond acceptors (Lipinski definition) is 4. The van der Waals surface area contributed by atoms with Gasteiger partial charge in [0.15, 0.2) is 0 Å². The van der Waals surface area contributed by atoms with E-state index in [4.69, 9.17) is 21.1 Å². The Morgan fingerprint density at radius 3 is 2.57 bits per heavy atom. The Morgan fingerprint density at radius 1 is 1.14 bits per heavy atom. The number of benzene rings is 1. The zero-order chi connectivity index (χ0) is 15.5. The van der Waals surface area contributed by atoms with Gasteiger partial charge in [0.05, 0.1) is 23.8 Å². The van der Waals surface area contributed by atoms with Crippen LogP contribution in [-0.4, -0.2) is 51.8 Å². The number of carbonyl (C=O) groups excluding carboxylic acids is 2. The van der Waals surface area contributed by atoms with Gasteiger partial charge in [-0.3, -0.25) is 9.59 Å². The molecule has 0 bridgehead atoms. The summed E-state index contributed by atoms with van der Waals surface area (Å²) in [5, 5.41) is 5.70. The van der Waals surface area contributed by atoms with Gasteiger partial charge in [-0.25, -0.2) is 0 Å². The maximum absolute atomic E-state index is 11.8. The lowest BCUT2D eigenvalue weighted by Gasteiger charge is -2.08. The highest BCUT2D eigenvalue weighted by atomic mass is 35.5. The van der Waals surface area contributed by atoms with Gasteiger partial charge in [-0.2, -0.15) is 0 Å². The van der Waals surface area contributed by atoms with Crippen LogP contribution in [0.25, 0.3) is 0 Å². The fraction of sp³-hybridized carbons (Fsp3) is 0.429. The molecule has 1 aromatic carbocycles. The van der Waals surface area contributed by atoms with Crippen molar-refractivity contribution in [1.29, 1.82) is 0 Å². The zero-order valence-electron chi connectivity index (χ0n) is 11.9. The summed E-state index contributed by atoms with van der Waals surface area (Å²) in [5.74, 6) is -0.510. The van der Waals surface area contributed by atoms with E-state index in [9.17, 15) is 9.59 Å². The fourth-order valence-corrected chi connectivity index (χ4v) is 1.70. The van der Waals surface area contributed by atoms with Crippen LogP contribution in [0.2, 0.25) is 5.02 Å². The van der Waals surface area contributed by atoms with Gasteiger partial charge in [0.1, 0.15) is 6.61 Å². The molecule has 0 aliphatic rings. The molecule has 21 heavy (non-hydrogen) atoms. The summed E-state index contributed by atoms with van der Waals surface area (Å²) in [6.45, 7) is 1.42. The second kappa shape index (κ2) is 10.1. The predicted octanol–water partition coefficient (Wildman–Crippen LogP) is 0.849. The van der Waals surface area contributed by atoms with Gasteiger partial charge < -0.3 is 20.1 Å². The van der Waals surface area contributed by atoms with E-state index in [1.165, 1.54) is 0 Å². The summed E-state index contributed by atoms with van der Waals surface area (Å²) in [4.78, 5) is 23.2. The number of amides is 2. The third-order valence-corrected chi connectivity index (χ3v) is 2.85. The second-order valence-corrected chi connectivity index (χ2v) is 4.54. The van der Waals surface area contributed by atoms with E-state index in [2.05, 4.69) is 10.6 Å². The molecule has 0 unspecified atom stereocenters. The average molecular weight is 315 g/mol. The van der Waals surface area contributed by atoms with Crippen molar-refractivity contribution in [1.82, 2.24) is 10.6 Å². The molecule has 7 heteroatoms. The van der Waals surface area contributed by atoms with Gasteiger partial charge in [0.25, 0.3) is 5.91 Å². The van der Waals surface area contributed by atoms with Gasteiger partial charge in [0.2, 0.25) is 5.91 Å². The molecule has 0 radical (unpaired) electrons. The quantitative estimate of drug-likeness (QED) is 0.663. The molecule has 2 N–H and O–H groups in total. The van der Waals surface area contributed by atoms with Crippen LogP contribution in [0.3, 0.4) is 0 Å². The third kappa shape index (κ3) is 7.08. The van der Waals surface area contributed by atoms with E-state index in [0.717, 1.165) is 0 Å². The Hall–Kier alpha value is -1.63. The van der Waals surface area contributed by atoms with Gasteiger partial charge in [-0.1, -0.05) is 23.7 Å². The molecular weight excluding hydrogens is 296 g/mol. The zero-order valence-corrected chi connectivity index (χ0v) is 12.6. The van der Waals surface area contributed by atoms with Gasteiger partial charge in [-0.05, 0) is 12.1 Å². The maximum atomic E-state index is 11.8. The van der Waals surface area contributed by atoms with Crippen LogP contribution in [0.5, 0.6) is 0 Å². The Bertz CT molecular complexity index is 468. The second-order valence-electron chi connectivity index (χ2n) is 4.13. The topological polar surface area (TPSA) is 76.7 Å². The minimum atomic E-state index is -0.272. The summed E-state index contributed by atoms with van der Waals surface area (Å²) in [6.07, 6.45) is 0. The number of carbonyl (C=O) groups is 2. The molecule has 2 amide bonds. The number of nitrogens with one attached hydrogen (secondary N) is 2. The van der Waals surface area contributed by atoms with Crippen LogP contribution in [0.4, 0.5) is 0 Å². The van der Waals surface area contributed by atoms with Crippen molar-refractivity contribution >= 4 is 23.4 Å². The van der Waals surface area contributed by atoms with Crippen LogP contribution in [0.15, 0.2) is 24.3 Å². The molecule has 6 nitrogen and oxygen atoms in total. The van der Waals surface area contributed by atoms with Crippen molar-refractivity contribution in [2.75, 3.05) is 40.0 Å². The monoisotopic (exact) mass is 314 g/mol. The van der Waals surface area contributed by atoms with E-state index in [-0.39, 0.29) is 18.4 Å². The van der Waals surface area contributed by atoms with Crippen LogP contribution >= 0.6 is 11.6 Å². The summed E-state index contributed by atoms with van der Waals surface area (Å²) in [7, 11) is 1.56. The number of ether oxygens (including phenoxy) is 2. The summed E-state index contributed by atoms with van der Waals surface area (Å²) < 4.78 is 9.84. The Kier molecular flexibility index (Phi) is 8.42. The Labute approximate surface area is 128 Å². The first-order chi connectivity index (χ1) is 10.1. The standard InChI is InChI=1S/C14H19ClN2O4/c1-20-8-9-21-10-13(18)16-6-7-17-14(19)11-4-2-3-5-12(11)15/h2-5H,6-10H2,1H3,(H,16,18)(H,17,19). The van der Waals surface area contributed by atoms with Crippen LogP contribution < -0.4 is 10.6 Å². The fourth-order valence-electron chi connectivity index (χ4n) is 1.48. The normalized spacial score (nSPS) is 10.2. The first-order valence-corrected chi connectivity index (χ1v) is 6.89. The molecule has 0 fully saturated rings. The molecule has 0 aliphatic carbocycles. The van der Waals surface area contributed by atoms with E-state index in [0.29, 0.717) is 36.9 Å². The number of hydrogen-bond donors (Lipinski definition) is 2. The molecule has 0 heterocycles. The van der Waals surface area contributed by atoms with Crippen molar-refractivity contribution in [3.8, 4) is 0 Å². The number of methoxy groups -OCH3 is 1. The lowest BCUT2D eigenvalue weighted by molar-refractivity contribution is -0.126. The minimum absolute atomic E-state index is 0.0260. The van der Waals surface area contributed by atoms with Gasteiger partial charge in [0, 0.05) is 20.2 Å². The highest BCUT2D eigenvalue weighted by Gasteiger charge is 2.08. The maximum Gasteiger partial charge on any atom is 0.252 e. The van der Waals surface area contributed by atoms with E-state index in [1.807, 2.05) is 0 Å². The van der Waals surface area contributed by atoms with E-state index >= 15 is 0 Å². The van der Waals surface area contributed by atoms with E-state index in [1.54, 1.807) is 31.4 Å². The lowest BCUT2D eigenvalue weighted by atomic mass is 10.2. The first-order valence-electron chi connectivity index (χ1n) is 6.51. The van der Waals surface area contributed by atoms with Crippen molar-refractivity contribution in [3.63, 3.8) is 0 Å². The molecule has 0 spiro atoms. The van der Waals surface area contributed by atoms with Crippen molar-refractivity contribution in [2.45, 2.75) is 0 Å². The molecule has 1 rings (SSSR count). The Morgan fingerprint density at radius 2 is 1.86 bits per heavy atom. The summed E-state index contributed by atoms with van der Waals surface area (Å²) in [6, 6.07) is 6.78. The van der Waals surface area contributed by atoms with Gasteiger partial charge in [-0.15, -0.1) is 0 Å². The molecule has 0 aliphatic heterocycles. The molecule has 0 aromatic heterocycles. The molecule has 0 atom stereocenters. The van der Waals surface area contributed by atoms with Crippen LogP contribution in [0.1, 0.15) is 10.4 Å². The first kappa shape index (κ1) is 17.4. The van der Waals surface area contributed by atoms with Crippen LogP contribution in [0, 0.1) is 0 Å². The largest absolute Gasteiger partial charge is 0.382 e. The van der Waals surface area contributed by atoms with E-state index < -0.39 is 0 Å². The summed E-state index contributed by atoms with van der Waals surface area (Å²) in [5.41, 5.74) is 0.411. The molecule has 0 saturated heterocycles. The SMILES string of the molecule is COCCOCC(=O)NCCNC(=O)c1ccccc1Cl. The molecule has 0 saturated carbocycles. The van der Waals surface area contributed by atoms with Crippen LogP contribution in [-0.2, 0) is 14.3 Å². The average Bonchev–Trinajstić information content (AvgIpc) is 2.48. The smallest absolute Gasteiger partial charge is 0.252 e. The minimum Gasteiger partial charge on any atom is -0.382 e. The molecule has 1 aromatic rings. The van der Waals surface area contributed by atoms with Crippen molar-refractivity contribution in [3.05, 3.63) is 34.9 Å². The lowest BCUT2D eigenvalue weighted by Crippen LogP contribution is -2.36. The summed E-state index contributed by atoms with van der Waals surface area (Å²) >= 11 is 5.91. The Balaban J connectivity index is 2.15. The molecular formula is C14H19ClN2O4. The van der Waals surface area contributed by atoms with Gasteiger partial charge >= 0.3 is 0 Å². The van der Waals surface area contributed by atoms with Crippen molar-refractivity contribution < 1.29 is 19.1 Å². The highest BCUT2D eigenvalue weighted by molar-refractivity contribution is 6.33. The predicted molar refractivity (Wildman–Crippen MR) is 79.5 cm³/mol. The van der Waals surface area contributed by atoms with Crippen molar-refractivity contribution in [2.24, 2.45) is 0 Å².